The van der Waals surface area contributed by atoms with Gasteiger partial charge in [-0.2, -0.15) is 4.98 Å². The molecule has 1 aliphatic heterocycles. The lowest BCUT2D eigenvalue weighted by Gasteiger charge is -2.26. The molecule has 9 heteroatoms. The van der Waals surface area contributed by atoms with E-state index in [0.717, 1.165) is 24.5 Å². The van der Waals surface area contributed by atoms with Gasteiger partial charge in [-0.05, 0) is 45.0 Å². The van der Waals surface area contributed by atoms with Crippen LogP contribution in [0.4, 0.5) is 0 Å². The van der Waals surface area contributed by atoms with E-state index in [0.29, 0.717) is 35.8 Å². The number of para-hydroxylation sites is 2. The molecule has 1 fully saturated rings. The summed E-state index contributed by atoms with van der Waals surface area (Å²) in [4.78, 5) is 33.5. The molecular formula is C23H28N6O3. The van der Waals surface area contributed by atoms with Crippen LogP contribution in [0.3, 0.4) is 0 Å². The molecule has 0 unspecified atom stereocenters. The molecule has 4 heterocycles. The summed E-state index contributed by atoms with van der Waals surface area (Å²) >= 11 is 0. The predicted octanol–water partition coefficient (Wildman–Crippen LogP) is 1.94. The number of nitrogens with zero attached hydrogens (tertiary/aromatic N) is 6. The minimum atomic E-state index is -0.333. The third-order valence-electron chi connectivity index (χ3n) is 6.44. The third-order valence-corrected chi connectivity index (χ3v) is 6.44. The molecule has 0 atom stereocenters. The van der Waals surface area contributed by atoms with Crippen molar-refractivity contribution in [3.63, 3.8) is 0 Å². The quantitative estimate of drug-likeness (QED) is 0.478. The second kappa shape index (κ2) is 7.98. The fourth-order valence-electron chi connectivity index (χ4n) is 4.74. The number of methoxy groups -OCH3 is 1. The highest BCUT2D eigenvalue weighted by atomic mass is 16.5. The van der Waals surface area contributed by atoms with Gasteiger partial charge in [-0.15, -0.1) is 0 Å². The van der Waals surface area contributed by atoms with Crippen molar-refractivity contribution in [3.05, 3.63) is 57.0 Å². The Morgan fingerprint density at radius 2 is 1.81 bits per heavy atom. The number of aryl methyl sites for hydroxylation is 2. The van der Waals surface area contributed by atoms with Gasteiger partial charge in [0.05, 0.1) is 12.8 Å². The molecule has 0 aliphatic carbocycles. The number of ether oxygens (including phenoxy) is 1. The van der Waals surface area contributed by atoms with Crippen molar-refractivity contribution < 1.29 is 4.74 Å². The second-order valence-corrected chi connectivity index (χ2v) is 8.43. The topological polar surface area (TPSA) is 78.7 Å². The molecule has 9 nitrogen and oxygen atoms in total. The zero-order valence-corrected chi connectivity index (χ0v) is 18.7. The van der Waals surface area contributed by atoms with E-state index in [1.54, 1.807) is 18.6 Å². The van der Waals surface area contributed by atoms with Crippen molar-refractivity contribution >= 4 is 16.9 Å². The maximum atomic E-state index is 13.5. The number of rotatable bonds is 5. The zero-order valence-electron chi connectivity index (χ0n) is 18.7. The Kier molecular flexibility index (Phi) is 5.13. The van der Waals surface area contributed by atoms with Gasteiger partial charge in [-0.3, -0.25) is 22.9 Å². The van der Waals surface area contributed by atoms with Crippen LogP contribution in [0, 0.1) is 6.92 Å². The highest BCUT2D eigenvalue weighted by Gasteiger charge is 2.22. The standard InChI is InChI=1S/C23H28N6O3/c1-16-15-28-19-20(24-22(28)29(16)17-9-5-6-10-18(17)32-3)25(2)23(31)27(21(19)30)14-13-26-11-7-4-8-12-26/h5-6,9-10,15H,4,7-8,11-14H2,1-3H3. The van der Waals surface area contributed by atoms with Crippen LogP contribution in [-0.4, -0.2) is 54.7 Å². The summed E-state index contributed by atoms with van der Waals surface area (Å²) in [5, 5.41) is 0. The maximum absolute atomic E-state index is 13.5. The molecule has 4 aromatic rings. The molecule has 0 N–H and O–H groups in total. The normalized spacial score (nSPS) is 15.1. The third kappa shape index (κ3) is 3.15. The van der Waals surface area contributed by atoms with Crippen molar-refractivity contribution in [2.75, 3.05) is 26.7 Å². The van der Waals surface area contributed by atoms with Crippen LogP contribution < -0.4 is 16.0 Å². The van der Waals surface area contributed by atoms with E-state index < -0.39 is 0 Å². The fraction of sp³-hybridized carbons (Fsp3) is 0.435. The van der Waals surface area contributed by atoms with Crippen LogP contribution in [0.1, 0.15) is 25.0 Å². The Bertz CT molecular complexity index is 1420. The number of aromatic nitrogens is 5. The number of imidazole rings is 2. The lowest BCUT2D eigenvalue weighted by molar-refractivity contribution is 0.218. The molecule has 1 aliphatic rings. The van der Waals surface area contributed by atoms with Crippen LogP contribution in [0.25, 0.3) is 22.6 Å². The minimum absolute atomic E-state index is 0.301. The van der Waals surface area contributed by atoms with Crippen LogP contribution >= 0.6 is 0 Å². The molecule has 3 aromatic heterocycles. The molecule has 168 valence electrons. The Hall–Kier alpha value is -3.33. The summed E-state index contributed by atoms with van der Waals surface area (Å²) in [7, 11) is 3.30. The van der Waals surface area contributed by atoms with Crippen molar-refractivity contribution in [1.82, 2.24) is 28.0 Å². The monoisotopic (exact) mass is 436 g/mol. The summed E-state index contributed by atoms with van der Waals surface area (Å²) < 4.78 is 12.1. The van der Waals surface area contributed by atoms with Gasteiger partial charge in [-0.25, -0.2) is 4.79 Å². The molecule has 1 saturated heterocycles. The van der Waals surface area contributed by atoms with E-state index in [4.69, 9.17) is 9.72 Å². The van der Waals surface area contributed by atoms with Gasteiger partial charge < -0.3 is 9.64 Å². The Morgan fingerprint density at radius 3 is 2.56 bits per heavy atom. The second-order valence-electron chi connectivity index (χ2n) is 8.43. The molecule has 1 aromatic carbocycles. The average molecular weight is 437 g/mol. The summed E-state index contributed by atoms with van der Waals surface area (Å²) in [6, 6.07) is 7.67. The van der Waals surface area contributed by atoms with Crippen LogP contribution in [0.2, 0.25) is 0 Å². The summed E-state index contributed by atoms with van der Waals surface area (Å²) in [5.41, 5.74) is 1.90. The summed E-state index contributed by atoms with van der Waals surface area (Å²) in [6.45, 7) is 5.08. The number of piperidine rings is 1. The molecule has 0 amide bonds. The lowest BCUT2D eigenvalue weighted by atomic mass is 10.1. The van der Waals surface area contributed by atoms with Crippen molar-refractivity contribution in [3.8, 4) is 11.4 Å². The summed E-state index contributed by atoms with van der Waals surface area (Å²) in [5.74, 6) is 1.27. The first-order valence-corrected chi connectivity index (χ1v) is 11.1. The van der Waals surface area contributed by atoms with Gasteiger partial charge in [0.2, 0.25) is 5.78 Å². The molecule has 0 radical (unpaired) electrons. The zero-order chi connectivity index (χ0) is 22.4. The van der Waals surface area contributed by atoms with Gasteiger partial charge in [-0.1, -0.05) is 18.6 Å². The Balaban J connectivity index is 1.68. The summed E-state index contributed by atoms with van der Waals surface area (Å²) in [6.07, 6.45) is 5.48. The Labute approximate surface area is 185 Å². The van der Waals surface area contributed by atoms with Gasteiger partial charge in [0.1, 0.15) is 5.75 Å². The van der Waals surface area contributed by atoms with Crippen LogP contribution in [-0.2, 0) is 13.6 Å². The van der Waals surface area contributed by atoms with E-state index in [9.17, 15) is 9.59 Å². The maximum Gasteiger partial charge on any atom is 0.332 e. The lowest BCUT2D eigenvalue weighted by Crippen LogP contribution is -2.43. The fourth-order valence-corrected chi connectivity index (χ4v) is 4.74. The van der Waals surface area contributed by atoms with E-state index in [2.05, 4.69) is 4.90 Å². The smallest absolute Gasteiger partial charge is 0.332 e. The number of likely N-dealkylation sites (tertiary alicyclic amines) is 1. The van der Waals surface area contributed by atoms with Gasteiger partial charge >= 0.3 is 5.69 Å². The van der Waals surface area contributed by atoms with E-state index in [1.165, 1.54) is 28.4 Å². The van der Waals surface area contributed by atoms with Crippen molar-refractivity contribution in [2.45, 2.75) is 32.7 Å². The SMILES string of the molecule is COc1ccccc1-n1c(C)cn2c3c(=O)n(CCN4CCCCC4)c(=O)n(C)c3nc12. The molecular weight excluding hydrogens is 408 g/mol. The first kappa shape index (κ1) is 20.6. The molecule has 0 saturated carbocycles. The molecule has 0 spiro atoms. The van der Waals surface area contributed by atoms with Gasteiger partial charge in [0.15, 0.2) is 11.2 Å². The first-order valence-electron chi connectivity index (χ1n) is 11.1. The highest BCUT2D eigenvalue weighted by Crippen LogP contribution is 2.27. The minimum Gasteiger partial charge on any atom is -0.495 e. The van der Waals surface area contributed by atoms with Gasteiger partial charge in [0.25, 0.3) is 5.56 Å². The number of hydrogen-bond acceptors (Lipinski definition) is 5. The molecule has 32 heavy (non-hydrogen) atoms. The number of benzene rings is 1. The van der Waals surface area contributed by atoms with E-state index in [-0.39, 0.29) is 11.2 Å². The predicted molar refractivity (Wildman–Crippen MR) is 123 cm³/mol. The van der Waals surface area contributed by atoms with Gasteiger partial charge in [0, 0.05) is 32.0 Å². The Morgan fingerprint density at radius 1 is 1.06 bits per heavy atom. The largest absolute Gasteiger partial charge is 0.495 e. The van der Waals surface area contributed by atoms with E-state index >= 15 is 0 Å². The number of fused-ring (bicyclic) bond motifs is 3. The van der Waals surface area contributed by atoms with Crippen molar-refractivity contribution in [2.24, 2.45) is 7.05 Å². The average Bonchev–Trinajstić information content (AvgIpc) is 3.32. The first-order chi connectivity index (χ1) is 15.5. The van der Waals surface area contributed by atoms with Crippen LogP contribution in [0.5, 0.6) is 5.75 Å². The van der Waals surface area contributed by atoms with Crippen LogP contribution in [0.15, 0.2) is 40.1 Å². The molecule has 0 bridgehead atoms. The van der Waals surface area contributed by atoms with E-state index in [1.807, 2.05) is 42.0 Å². The highest BCUT2D eigenvalue weighted by molar-refractivity contribution is 5.76. The molecule has 5 rings (SSSR count). The van der Waals surface area contributed by atoms with Crippen molar-refractivity contribution in [1.29, 1.82) is 0 Å². The number of hydrogen-bond donors (Lipinski definition) is 0.